The second kappa shape index (κ2) is 7.64. The van der Waals surface area contributed by atoms with Gasteiger partial charge in [-0.1, -0.05) is 31.2 Å². The highest BCUT2D eigenvalue weighted by Gasteiger charge is 2.36. The zero-order valence-corrected chi connectivity index (χ0v) is 14.5. The maximum Gasteiger partial charge on any atom is 0.247 e. The Balaban J connectivity index is 1.85. The van der Waals surface area contributed by atoms with Crippen LogP contribution in [0.1, 0.15) is 36.1 Å². The van der Waals surface area contributed by atoms with Crippen molar-refractivity contribution in [2.75, 3.05) is 6.54 Å². The summed E-state index contributed by atoms with van der Waals surface area (Å²) >= 11 is 0. The van der Waals surface area contributed by atoms with Crippen LogP contribution in [0.5, 0.6) is 0 Å². The van der Waals surface area contributed by atoms with Gasteiger partial charge in [0, 0.05) is 18.7 Å². The van der Waals surface area contributed by atoms with E-state index in [1.807, 2.05) is 31.2 Å². The van der Waals surface area contributed by atoms with Gasteiger partial charge < -0.3 is 10.2 Å². The Morgan fingerprint density at radius 1 is 1.23 bits per heavy atom. The van der Waals surface area contributed by atoms with Crippen molar-refractivity contribution in [3.63, 3.8) is 0 Å². The zero-order valence-electron chi connectivity index (χ0n) is 14.5. The first-order chi connectivity index (χ1) is 12.5. The predicted octanol–water partition coefficient (Wildman–Crippen LogP) is 3.12. The number of hydrogen-bond acceptors (Lipinski definition) is 2. The molecule has 1 heterocycles. The van der Waals surface area contributed by atoms with E-state index in [2.05, 4.69) is 5.32 Å². The molecule has 2 amide bonds. The lowest BCUT2D eigenvalue weighted by Crippen LogP contribution is -2.47. The van der Waals surface area contributed by atoms with Gasteiger partial charge in [0.25, 0.3) is 0 Å². The van der Waals surface area contributed by atoms with Crippen molar-refractivity contribution in [1.29, 1.82) is 0 Å². The Morgan fingerprint density at radius 2 is 2.00 bits per heavy atom. The van der Waals surface area contributed by atoms with Gasteiger partial charge in [0.05, 0.1) is 6.42 Å². The van der Waals surface area contributed by atoms with E-state index in [-0.39, 0.29) is 24.4 Å². The standard InChI is InChI=1S/C20H20F2N2O2/c1-2-9-24-18(25)11-13-5-3-4-6-16(13)19(24)20(26)23-12-14-10-15(21)7-8-17(14)22/h3-8,10,19H,2,9,11-12H2,1H3,(H,23,26). The Kier molecular flexibility index (Phi) is 5.30. The lowest BCUT2D eigenvalue weighted by atomic mass is 9.91. The van der Waals surface area contributed by atoms with Gasteiger partial charge in [-0.2, -0.15) is 0 Å². The number of hydrogen-bond donors (Lipinski definition) is 1. The van der Waals surface area contributed by atoms with Crippen molar-refractivity contribution < 1.29 is 18.4 Å². The first-order valence-electron chi connectivity index (χ1n) is 8.60. The molecule has 26 heavy (non-hydrogen) atoms. The van der Waals surface area contributed by atoms with E-state index in [4.69, 9.17) is 0 Å². The lowest BCUT2D eigenvalue weighted by Gasteiger charge is -2.36. The number of carbonyl (C=O) groups excluding carboxylic acids is 2. The molecule has 1 N–H and O–H groups in total. The van der Waals surface area contributed by atoms with Crippen LogP contribution >= 0.6 is 0 Å². The minimum atomic E-state index is -0.760. The molecule has 0 bridgehead atoms. The minimum absolute atomic E-state index is 0.0656. The summed E-state index contributed by atoms with van der Waals surface area (Å²) in [5.41, 5.74) is 1.66. The number of fused-ring (bicyclic) bond motifs is 1. The molecule has 0 fully saturated rings. The number of rotatable bonds is 5. The van der Waals surface area contributed by atoms with Gasteiger partial charge >= 0.3 is 0 Å². The highest BCUT2D eigenvalue weighted by atomic mass is 19.1. The lowest BCUT2D eigenvalue weighted by molar-refractivity contribution is -0.141. The van der Waals surface area contributed by atoms with Crippen LogP contribution in [0.25, 0.3) is 0 Å². The quantitative estimate of drug-likeness (QED) is 0.893. The molecule has 0 radical (unpaired) electrons. The van der Waals surface area contributed by atoms with E-state index in [0.717, 1.165) is 35.7 Å². The van der Waals surface area contributed by atoms with Gasteiger partial charge in [-0.25, -0.2) is 8.78 Å². The Morgan fingerprint density at radius 3 is 2.77 bits per heavy atom. The van der Waals surface area contributed by atoms with Gasteiger partial charge in [-0.05, 0) is 35.7 Å². The van der Waals surface area contributed by atoms with E-state index >= 15 is 0 Å². The summed E-state index contributed by atoms with van der Waals surface area (Å²) in [6.07, 6.45) is 0.981. The Labute approximate surface area is 150 Å². The number of amides is 2. The highest BCUT2D eigenvalue weighted by Crippen LogP contribution is 2.30. The summed E-state index contributed by atoms with van der Waals surface area (Å²) in [6.45, 7) is 2.25. The van der Waals surface area contributed by atoms with Crippen LogP contribution in [0.15, 0.2) is 42.5 Å². The fourth-order valence-electron chi connectivity index (χ4n) is 3.27. The number of nitrogens with one attached hydrogen (secondary N) is 1. The van der Waals surface area contributed by atoms with Gasteiger partial charge in [0.1, 0.15) is 17.7 Å². The molecule has 0 saturated heterocycles. The molecule has 2 aromatic carbocycles. The fourth-order valence-corrected chi connectivity index (χ4v) is 3.27. The van der Waals surface area contributed by atoms with Crippen LogP contribution in [0.3, 0.4) is 0 Å². The van der Waals surface area contributed by atoms with E-state index in [0.29, 0.717) is 6.54 Å². The topological polar surface area (TPSA) is 49.4 Å². The zero-order chi connectivity index (χ0) is 18.7. The molecule has 2 aromatic rings. The van der Waals surface area contributed by atoms with E-state index < -0.39 is 23.6 Å². The second-order valence-electron chi connectivity index (χ2n) is 6.32. The van der Waals surface area contributed by atoms with Crippen LogP contribution < -0.4 is 5.32 Å². The van der Waals surface area contributed by atoms with Crippen molar-refractivity contribution in [3.05, 3.63) is 70.8 Å². The molecular weight excluding hydrogens is 338 g/mol. The van der Waals surface area contributed by atoms with Crippen LogP contribution in [0.4, 0.5) is 8.78 Å². The largest absolute Gasteiger partial charge is 0.350 e. The second-order valence-corrected chi connectivity index (χ2v) is 6.32. The molecule has 0 aliphatic carbocycles. The maximum absolute atomic E-state index is 13.8. The maximum atomic E-state index is 13.8. The van der Waals surface area contributed by atoms with Gasteiger partial charge in [0.15, 0.2) is 0 Å². The molecular formula is C20H20F2N2O2. The summed E-state index contributed by atoms with van der Waals surface area (Å²) in [4.78, 5) is 26.9. The molecule has 0 saturated carbocycles. The number of halogens is 2. The summed E-state index contributed by atoms with van der Waals surface area (Å²) < 4.78 is 27.1. The van der Waals surface area contributed by atoms with Crippen molar-refractivity contribution in [1.82, 2.24) is 10.2 Å². The van der Waals surface area contributed by atoms with Crippen LogP contribution in [-0.4, -0.2) is 23.3 Å². The average molecular weight is 358 g/mol. The van der Waals surface area contributed by atoms with Gasteiger partial charge in [0.2, 0.25) is 11.8 Å². The third-order valence-corrected chi connectivity index (χ3v) is 4.50. The van der Waals surface area contributed by atoms with Crippen LogP contribution in [0, 0.1) is 11.6 Å². The molecule has 1 atom stereocenters. The SMILES string of the molecule is CCCN1C(=O)Cc2ccccc2C1C(=O)NCc1cc(F)ccc1F. The van der Waals surface area contributed by atoms with E-state index in [9.17, 15) is 18.4 Å². The van der Waals surface area contributed by atoms with Crippen LogP contribution in [-0.2, 0) is 22.6 Å². The molecule has 136 valence electrons. The predicted molar refractivity (Wildman–Crippen MR) is 93.1 cm³/mol. The molecule has 6 heteroatoms. The molecule has 1 aliphatic heterocycles. The fraction of sp³-hybridized carbons (Fsp3) is 0.300. The molecule has 1 unspecified atom stereocenters. The Bertz CT molecular complexity index is 838. The Hall–Kier alpha value is -2.76. The van der Waals surface area contributed by atoms with Crippen molar-refractivity contribution in [2.45, 2.75) is 32.4 Å². The first kappa shape index (κ1) is 18.0. The smallest absolute Gasteiger partial charge is 0.247 e. The van der Waals surface area contributed by atoms with Crippen LogP contribution in [0.2, 0.25) is 0 Å². The molecule has 1 aliphatic rings. The van der Waals surface area contributed by atoms with E-state index in [1.54, 1.807) is 4.90 Å². The normalized spacial score (nSPS) is 16.3. The number of benzene rings is 2. The summed E-state index contributed by atoms with van der Waals surface area (Å²) in [6, 6.07) is 9.67. The summed E-state index contributed by atoms with van der Waals surface area (Å²) in [7, 11) is 0. The van der Waals surface area contributed by atoms with E-state index in [1.165, 1.54) is 0 Å². The average Bonchev–Trinajstić information content (AvgIpc) is 2.63. The summed E-state index contributed by atoms with van der Waals surface area (Å²) in [5.74, 6) is -1.66. The summed E-state index contributed by atoms with van der Waals surface area (Å²) in [5, 5.41) is 2.65. The van der Waals surface area contributed by atoms with Crippen molar-refractivity contribution in [2.24, 2.45) is 0 Å². The highest BCUT2D eigenvalue weighted by molar-refractivity contribution is 5.92. The molecule has 0 aromatic heterocycles. The number of carbonyl (C=O) groups is 2. The third-order valence-electron chi connectivity index (χ3n) is 4.50. The monoisotopic (exact) mass is 358 g/mol. The molecule has 4 nitrogen and oxygen atoms in total. The van der Waals surface area contributed by atoms with Gasteiger partial charge in [-0.3, -0.25) is 9.59 Å². The molecule has 0 spiro atoms. The van der Waals surface area contributed by atoms with Gasteiger partial charge in [-0.15, -0.1) is 0 Å². The minimum Gasteiger partial charge on any atom is -0.350 e. The first-order valence-corrected chi connectivity index (χ1v) is 8.60. The third kappa shape index (κ3) is 3.59. The number of nitrogens with zero attached hydrogens (tertiary/aromatic N) is 1. The van der Waals surface area contributed by atoms with Crippen molar-refractivity contribution >= 4 is 11.8 Å². The molecule has 3 rings (SSSR count). The van der Waals surface area contributed by atoms with Crippen molar-refractivity contribution in [3.8, 4) is 0 Å².